The molecule has 0 atom stereocenters. The molecule has 0 saturated carbocycles. The highest BCUT2D eigenvalue weighted by Crippen LogP contribution is 2.35. The quantitative estimate of drug-likeness (QED) is 0.666. The molecule has 3 rings (SSSR count). The van der Waals surface area contributed by atoms with Crippen LogP contribution in [0.15, 0.2) is 82.1 Å². The maximum atomic E-state index is 5.34. The van der Waals surface area contributed by atoms with Gasteiger partial charge in [0.1, 0.15) is 6.26 Å². The average Bonchev–Trinajstić information content (AvgIpc) is 2.88. The molecule has 0 saturated heterocycles. The molecule has 0 radical (unpaired) electrons. The summed E-state index contributed by atoms with van der Waals surface area (Å²) in [5.74, 6) is 0. The van der Waals surface area contributed by atoms with E-state index in [2.05, 4.69) is 64.5 Å². The number of hydrogen-bond acceptors (Lipinski definition) is 1. The smallest absolute Gasteiger partial charge is 0.105 e. The first-order valence-electron chi connectivity index (χ1n) is 5.98. The molecule has 3 heteroatoms. The van der Waals surface area contributed by atoms with Crippen molar-refractivity contribution in [2.24, 2.45) is 0 Å². The first-order chi connectivity index (χ1) is 9.36. The molecule has 1 heterocycles. The minimum Gasteiger partial charge on any atom is -0.471 e. The largest absolute Gasteiger partial charge is 0.471 e. The van der Waals surface area contributed by atoms with Gasteiger partial charge in [-0.2, -0.15) is 0 Å². The molecule has 1 nitrogen and oxygen atoms in total. The third-order valence-corrected chi connectivity index (χ3v) is 6.24. The first-order valence-corrected chi connectivity index (χ1v) is 8.11. The van der Waals surface area contributed by atoms with Gasteiger partial charge in [0.2, 0.25) is 0 Å². The highest BCUT2D eigenvalue weighted by atomic mass is 79.9. The van der Waals surface area contributed by atoms with Crippen LogP contribution >= 0.6 is 23.9 Å². The minimum absolute atomic E-state index is 0.570. The van der Waals surface area contributed by atoms with Crippen LogP contribution in [0.2, 0.25) is 0 Å². The van der Waals surface area contributed by atoms with Gasteiger partial charge in [-0.25, -0.2) is 0 Å². The van der Waals surface area contributed by atoms with Gasteiger partial charge in [0.25, 0.3) is 0 Å². The molecule has 1 aromatic heterocycles. The fourth-order valence-electron chi connectivity index (χ4n) is 2.02. The fraction of sp³-hybridized carbons (Fsp3) is 0. The second-order valence-electron chi connectivity index (χ2n) is 4.11. The molecule has 94 valence electrons. The zero-order chi connectivity index (χ0) is 13.1. The van der Waals surface area contributed by atoms with Gasteiger partial charge in [-0.05, 0) is 34.5 Å². The first kappa shape index (κ1) is 12.7. The van der Waals surface area contributed by atoms with E-state index in [0.717, 1.165) is 4.47 Å². The molecule has 0 aliphatic heterocycles. The van der Waals surface area contributed by atoms with E-state index in [1.54, 1.807) is 6.26 Å². The van der Waals surface area contributed by atoms with Crippen LogP contribution in [0.5, 0.6) is 0 Å². The van der Waals surface area contributed by atoms with E-state index in [-0.39, 0.29) is 0 Å². The third-order valence-electron chi connectivity index (χ3n) is 2.87. The zero-order valence-corrected chi connectivity index (χ0v) is 12.6. The summed E-state index contributed by atoms with van der Waals surface area (Å²) in [5.41, 5.74) is 0. The lowest BCUT2D eigenvalue weighted by atomic mass is 10.4. The molecular weight excluding hydrogens is 319 g/mol. The number of furan rings is 1. The van der Waals surface area contributed by atoms with E-state index in [1.165, 1.54) is 15.9 Å². The molecular formula is C16H12BrOP. The summed E-state index contributed by atoms with van der Waals surface area (Å²) >= 11 is 3.58. The second-order valence-corrected chi connectivity index (χ2v) is 7.15. The predicted molar refractivity (Wildman–Crippen MR) is 85.1 cm³/mol. The summed E-state index contributed by atoms with van der Waals surface area (Å²) in [7, 11) is -0.570. The summed E-state index contributed by atoms with van der Waals surface area (Å²) in [6, 6.07) is 21.2. The Kier molecular flexibility index (Phi) is 3.82. The van der Waals surface area contributed by atoms with Crippen LogP contribution in [-0.2, 0) is 0 Å². The van der Waals surface area contributed by atoms with Crippen LogP contribution in [0.4, 0.5) is 0 Å². The molecule has 0 unspecified atom stereocenters. The lowest BCUT2D eigenvalue weighted by molar-refractivity contribution is 0.567. The van der Waals surface area contributed by atoms with Gasteiger partial charge >= 0.3 is 0 Å². The molecule has 0 spiro atoms. The molecule has 0 amide bonds. The van der Waals surface area contributed by atoms with Crippen molar-refractivity contribution in [3.63, 3.8) is 0 Å². The van der Waals surface area contributed by atoms with Crippen LogP contribution in [0.3, 0.4) is 0 Å². The van der Waals surface area contributed by atoms with Gasteiger partial charge in [-0.15, -0.1) is 0 Å². The Bertz CT molecular complexity index is 609. The molecule has 0 aliphatic carbocycles. The van der Waals surface area contributed by atoms with Gasteiger partial charge in [0, 0.05) is 5.30 Å². The van der Waals surface area contributed by atoms with Crippen LogP contribution < -0.4 is 15.9 Å². The standard InChI is InChI=1S/C16H12BrOP/c17-15-11-18-12-16(15)19(13-7-3-1-4-8-13)14-9-5-2-6-10-14/h1-12H. The summed E-state index contributed by atoms with van der Waals surface area (Å²) in [5, 5.41) is 3.86. The number of halogens is 1. The Morgan fingerprint density at radius 2 is 1.26 bits per heavy atom. The van der Waals surface area contributed by atoms with Gasteiger partial charge < -0.3 is 4.42 Å². The summed E-state index contributed by atoms with van der Waals surface area (Å²) < 4.78 is 6.37. The van der Waals surface area contributed by atoms with E-state index in [4.69, 9.17) is 4.42 Å². The molecule has 0 fully saturated rings. The van der Waals surface area contributed by atoms with E-state index in [0.29, 0.717) is 0 Å². The van der Waals surface area contributed by atoms with Gasteiger partial charge in [0.05, 0.1) is 10.7 Å². The van der Waals surface area contributed by atoms with Gasteiger partial charge in [-0.3, -0.25) is 0 Å². The zero-order valence-electron chi connectivity index (χ0n) is 10.2. The van der Waals surface area contributed by atoms with Crippen molar-refractivity contribution >= 4 is 39.8 Å². The monoisotopic (exact) mass is 330 g/mol. The lowest BCUT2D eigenvalue weighted by Crippen LogP contribution is -2.20. The van der Waals surface area contributed by atoms with Crippen molar-refractivity contribution in [2.75, 3.05) is 0 Å². The topological polar surface area (TPSA) is 13.1 Å². The molecule has 19 heavy (non-hydrogen) atoms. The Balaban J connectivity index is 2.15. The van der Waals surface area contributed by atoms with Crippen LogP contribution in [0.25, 0.3) is 0 Å². The molecule has 0 N–H and O–H groups in total. The maximum absolute atomic E-state index is 5.34. The van der Waals surface area contributed by atoms with E-state index in [1.807, 2.05) is 18.4 Å². The number of benzene rings is 2. The van der Waals surface area contributed by atoms with E-state index in [9.17, 15) is 0 Å². The Labute approximate surface area is 122 Å². The number of hydrogen-bond donors (Lipinski definition) is 0. The molecule has 2 aromatic carbocycles. The van der Waals surface area contributed by atoms with Crippen LogP contribution in [-0.4, -0.2) is 0 Å². The summed E-state index contributed by atoms with van der Waals surface area (Å²) in [6.45, 7) is 0. The van der Waals surface area contributed by atoms with Crippen molar-refractivity contribution < 1.29 is 4.42 Å². The summed E-state index contributed by atoms with van der Waals surface area (Å²) in [4.78, 5) is 0. The van der Waals surface area contributed by atoms with Crippen molar-refractivity contribution in [1.29, 1.82) is 0 Å². The number of rotatable bonds is 3. The average molecular weight is 331 g/mol. The Morgan fingerprint density at radius 3 is 1.68 bits per heavy atom. The second kappa shape index (κ2) is 5.73. The van der Waals surface area contributed by atoms with Crippen LogP contribution in [0.1, 0.15) is 0 Å². The Hall–Kier alpha value is -1.37. The van der Waals surface area contributed by atoms with Crippen molar-refractivity contribution in [2.45, 2.75) is 0 Å². The normalized spacial score (nSPS) is 10.8. The predicted octanol–water partition coefficient (Wildman–Crippen LogP) is 3.80. The van der Waals surface area contributed by atoms with Crippen LogP contribution in [0, 0.1) is 0 Å². The fourth-order valence-corrected chi connectivity index (χ4v) is 4.98. The summed E-state index contributed by atoms with van der Waals surface area (Å²) in [6.07, 6.45) is 3.59. The van der Waals surface area contributed by atoms with Crippen molar-refractivity contribution in [3.05, 3.63) is 77.7 Å². The molecule has 0 bridgehead atoms. The molecule has 3 aromatic rings. The van der Waals surface area contributed by atoms with Crippen molar-refractivity contribution in [1.82, 2.24) is 0 Å². The highest BCUT2D eigenvalue weighted by Gasteiger charge is 2.19. The maximum Gasteiger partial charge on any atom is 0.105 e. The van der Waals surface area contributed by atoms with E-state index >= 15 is 0 Å². The Morgan fingerprint density at radius 1 is 0.737 bits per heavy atom. The van der Waals surface area contributed by atoms with Gasteiger partial charge in [0.15, 0.2) is 0 Å². The molecule has 0 aliphatic rings. The highest BCUT2D eigenvalue weighted by molar-refractivity contribution is 9.10. The SMILES string of the molecule is Brc1cocc1P(c1ccccc1)c1ccccc1. The minimum atomic E-state index is -0.570. The van der Waals surface area contributed by atoms with E-state index < -0.39 is 7.92 Å². The van der Waals surface area contributed by atoms with Gasteiger partial charge in [-0.1, -0.05) is 60.7 Å². The third kappa shape index (κ3) is 2.65. The lowest BCUT2D eigenvalue weighted by Gasteiger charge is -2.17. The van der Waals surface area contributed by atoms with Crippen molar-refractivity contribution in [3.8, 4) is 0 Å².